The smallest absolute Gasteiger partial charge is 0.247 e. The molecule has 3 rings (SSSR count). The number of anilines is 1. The molecule has 0 unspecified atom stereocenters. The Bertz CT molecular complexity index is 787. The van der Waals surface area contributed by atoms with Crippen LogP contribution in [0.4, 0.5) is 5.69 Å². The van der Waals surface area contributed by atoms with Crippen LogP contribution in [0.15, 0.2) is 52.9 Å². The van der Waals surface area contributed by atoms with Crippen LogP contribution in [-0.4, -0.2) is 31.0 Å². The molecule has 0 amide bonds. The number of methoxy groups -OCH3 is 2. The fourth-order valence-electron chi connectivity index (χ4n) is 2.31. The highest BCUT2D eigenvalue weighted by molar-refractivity contribution is 5.59. The van der Waals surface area contributed by atoms with Gasteiger partial charge in [0.1, 0.15) is 11.5 Å². The largest absolute Gasteiger partial charge is 0.497 e. The van der Waals surface area contributed by atoms with Crippen molar-refractivity contribution in [3.05, 3.63) is 54.4 Å². The maximum absolute atomic E-state index is 5.69. The van der Waals surface area contributed by atoms with Crippen molar-refractivity contribution in [2.24, 2.45) is 0 Å². The van der Waals surface area contributed by atoms with Gasteiger partial charge < -0.3 is 19.2 Å². The maximum Gasteiger partial charge on any atom is 0.247 e. The fourth-order valence-corrected chi connectivity index (χ4v) is 2.31. The number of hydrogen-bond acceptors (Lipinski definition) is 6. The van der Waals surface area contributed by atoms with E-state index in [0.717, 1.165) is 22.7 Å². The summed E-state index contributed by atoms with van der Waals surface area (Å²) in [5.74, 6) is 2.64. The third kappa shape index (κ3) is 3.65. The van der Waals surface area contributed by atoms with Gasteiger partial charge in [0.05, 0.1) is 19.9 Å². The second-order valence-corrected chi connectivity index (χ2v) is 5.11. The van der Waals surface area contributed by atoms with Crippen molar-refractivity contribution < 1.29 is 13.9 Å². The molecule has 0 saturated heterocycles. The lowest BCUT2D eigenvalue weighted by molar-refractivity contribution is 0.404. The highest BCUT2D eigenvalue weighted by Gasteiger charge is 2.09. The fraction of sp³-hybridized carbons (Fsp3) is 0.222. The zero-order valence-electron chi connectivity index (χ0n) is 13.7. The second kappa shape index (κ2) is 7.50. The molecule has 0 aliphatic carbocycles. The SMILES string of the molecule is COc1ccc(OC)c(NCCc2nnc(-c3ccccc3)o2)c1. The number of hydrogen-bond donors (Lipinski definition) is 1. The van der Waals surface area contributed by atoms with E-state index in [-0.39, 0.29) is 0 Å². The molecule has 124 valence electrons. The molecule has 0 atom stereocenters. The van der Waals surface area contributed by atoms with E-state index >= 15 is 0 Å². The first-order valence-electron chi connectivity index (χ1n) is 7.64. The van der Waals surface area contributed by atoms with Gasteiger partial charge in [-0.3, -0.25) is 0 Å². The Hall–Kier alpha value is -3.02. The molecule has 6 heteroatoms. The van der Waals surface area contributed by atoms with Gasteiger partial charge in [0.15, 0.2) is 0 Å². The van der Waals surface area contributed by atoms with Gasteiger partial charge in [-0.2, -0.15) is 0 Å². The van der Waals surface area contributed by atoms with Gasteiger partial charge in [-0.1, -0.05) is 18.2 Å². The molecule has 0 fully saturated rings. The van der Waals surface area contributed by atoms with Crippen molar-refractivity contribution in [3.63, 3.8) is 0 Å². The van der Waals surface area contributed by atoms with Crippen molar-refractivity contribution in [2.75, 3.05) is 26.1 Å². The van der Waals surface area contributed by atoms with Gasteiger partial charge in [-0.25, -0.2) is 0 Å². The van der Waals surface area contributed by atoms with Crippen molar-refractivity contribution in [1.29, 1.82) is 0 Å². The number of nitrogens with one attached hydrogen (secondary N) is 1. The summed E-state index contributed by atoms with van der Waals surface area (Å²) < 4.78 is 16.3. The third-order valence-corrected chi connectivity index (χ3v) is 3.55. The lowest BCUT2D eigenvalue weighted by Crippen LogP contribution is -2.06. The minimum absolute atomic E-state index is 0.532. The van der Waals surface area contributed by atoms with E-state index in [1.807, 2.05) is 48.5 Å². The van der Waals surface area contributed by atoms with Gasteiger partial charge in [0.25, 0.3) is 0 Å². The summed E-state index contributed by atoms with van der Waals surface area (Å²) >= 11 is 0. The lowest BCUT2D eigenvalue weighted by Gasteiger charge is -2.11. The molecule has 2 aromatic carbocycles. The predicted molar refractivity (Wildman–Crippen MR) is 91.5 cm³/mol. The monoisotopic (exact) mass is 325 g/mol. The highest BCUT2D eigenvalue weighted by atomic mass is 16.5. The first-order valence-corrected chi connectivity index (χ1v) is 7.64. The van der Waals surface area contributed by atoms with Crippen molar-refractivity contribution >= 4 is 5.69 Å². The third-order valence-electron chi connectivity index (χ3n) is 3.55. The summed E-state index contributed by atoms with van der Waals surface area (Å²) in [7, 11) is 3.27. The average molecular weight is 325 g/mol. The summed E-state index contributed by atoms with van der Waals surface area (Å²) in [5.41, 5.74) is 1.78. The van der Waals surface area contributed by atoms with Crippen molar-refractivity contribution in [3.8, 4) is 23.0 Å². The summed E-state index contributed by atoms with van der Waals surface area (Å²) in [5, 5.41) is 11.5. The van der Waals surface area contributed by atoms with Gasteiger partial charge in [0.2, 0.25) is 11.8 Å². The van der Waals surface area contributed by atoms with Gasteiger partial charge in [0, 0.05) is 24.6 Å². The van der Waals surface area contributed by atoms with Crippen LogP contribution >= 0.6 is 0 Å². The molecule has 0 radical (unpaired) electrons. The van der Waals surface area contributed by atoms with Crippen molar-refractivity contribution in [1.82, 2.24) is 10.2 Å². The number of nitrogens with zero attached hydrogens (tertiary/aromatic N) is 2. The molecule has 0 bridgehead atoms. The normalized spacial score (nSPS) is 10.4. The van der Waals surface area contributed by atoms with Crippen LogP contribution in [0.1, 0.15) is 5.89 Å². The maximum atomic E-state index is 5.69. The number of rotatable bonds is 7. The summed E-state index contributed by atoms with van der Waals surface area (Å²) in [6.45, 7) is 0.639. The summed E-state index contributed by atoms with van der Waals surface area (Å²) in [6.07, 6.45) is 0.611. The van der Waals surface area contributed by atoms with Gasteiger partial charge in [-0.15, -0.1) is 10.2 Å². The van der Waals surface area contributed by atoms with Crippen LogP contribution in [0.3, 0.4) is 0 Å². The minimum Gasteiger partial charge on any atom is -0.497 e. The van der Waals surface area contributed by atoms with Gasteiger partial charge in [-0.05, 0) is 24.3 Å². The van der Waals surface area contributed by atoms with E-state index in [9.17, 15) is 0 Å². The standard InChI is InChI=1S/C18H19N3O3/c1-22-14-8-9-16(23-2)15(12-14)19-11-10-17-20-21-18(24-17)13-6-4-3-5-7-13/h3-9,12,19H,10-11H2,1-2H3. The Morgan fingerprint density at radius 3 is 2.58 bits per heavy atom. The Balaban J connectivity index is 1.62. The van der Waals surface area contributed by atoms with Crippen LogP contribution in [0.5, 0.6) is 11.5 Å². The molecule has 0 aliphatic rings. The number of ether oxygens (including phenoxy) is 2. The molecular weight excluding hydrogens is 306 g/mol. The Kier molecular flexibility index (Phi) is 4.96. The van der Waals surface area contributed by atoms with Crippen LogP contribution in [0, 0.1) is 0 Å². The van der Waals surface area contributed by atoms with Crippen molar-refractivity contribution in [2.45, 2.75) is 6.42 Å². The zero-order chi connectivity index (χ0) is 16.8. The topological polar surface area (TPSA) is 69.4 Å². The highest BCUT2D eigenvalue weighted by Crippen LogP contribution is 2.28. The Morgan fingerprint density at radius 1 is 1.00 bits per heavy atom. The molecule has 24 heavy (non-hydrogen) atoms. The van der Waals surface area contributed by atoms with E-state index in [4.69, 9.17) is 13.9 Å². The number of benzene rings is 2. The number of aromatic nitrogens is 2. The van der Waals surface area contributed by atoms with E-state index in [2.05, 4.69) is 15.5 Å². The van der Waals surface area contributed by atoms with Crippen LogP contribution < -0.4 is 14.8 Å². The average Bonchev–Trinajstić information content (AvgIpc) is 3.11. The molecule has 1 aromatic heterocycles. The molecular formula is C18H19N3O3. The quantitative estimate of drug-likeness (QED) is 0.718. The lowest BCUT2D eigenvalue weighted by atomic mass is 10.2. The molecule has 0 spiro atoms. The van der Waals surface area contributed by atoms with Gasteiger partial charge >= 0.3 is 0 Å². The molecule has 0 saturated carbocycles. The first-order chi connectivity index (χ1) is 11.8. The van der Waals surface area contributed by atoms with E-state index in [1.54, 1.807) is 14.2 Å². The van der Waals surface area contributed by atoms with E-state index in [1.165, 1.54) is 0 Å². The minimum atomic E-state index is 0.532. The summed E-state index contributed by atoms with van der Waals surface area (Å²) in [6, 6.07) is 15.3. The van der Waals surface area contributed by atoms with Crippen LogP contribution in [0.2, 0.25) is 0 Å². The molecule has 3 aromatic rings. The molecule has 6 nitrogen and oxygen atoms in total. The van der Waals surface area contributed by atoms with Crippen LogP contribution in [-0.2, 0) is 6.42 Å². The molecule has 1 N–H and O–H groups in total. The zero-order valence-corrected chi connectivity index (χ0v) is 13.7. The first kappa shape index (κ1) is 15.9. The second-order valence-electron chi connectivity index (χ2n) is 5.11. The Morgan fingerprint density at radius 2 is 1.83 bits per heavy atom. The van der Waals surface area contributed by atoms with E-state index < -0.39 is 0 Å². The molecule has 0 aliphatic heterocycles. The van der Waals surface area contributed by atoms with Crippen LogP contribution in [0.25, 0.3) is 11.5 Å². The predicted octanol–water partition coefficient (Wildman–Crippen LogP) is 3.41. The molecule has 1 heterocycles. The Labute approximate surface area is 140 Å². The summed E-state index contributed by atoms with van der Waals surface area (Å²) in [4.78, 5) is 0. The van der Waals surface area contributed by atoms with E-state index in [0.29, 0.717) is 24.7 Å².